The van der Waals surface area contributed by atoms with Gasteiger partial charge in [0.1, 0.15) is 6.10 Å². The van der Waals surface area contributed by atoms with E-state index in [0.717, 1.165) is 48.8 Å². The molecular formula is C30H33NO5S. The predicted octanol–water partition coefficient (Wildman–Crippen LogP) is 4.95. The number of hydrogen-bond acceptors (Lipinski definition) is 5. The topological polar surface area (TPSA) is 92.7 Å². The summed E-state index contributed by atoms with van der Waals surface area (Å²) in [7, 11) is -3.88. The summed E-state index contributed by atoms with van der Waals surface area (Å²) in [6, 6.07) is 22.4. The number of aliphatic hydroxyl groups is 1. The van der Waals surface area contributed by atoms with Crippen LogP contribution in [0.2, 0.25) is 0 Å². The van der Waals surface area contributed by atoms with Gasteiger partial charge in [-0.15, -0.1) is 0 Å². The van der Waals surface area contributed by atoms with Crippen LogP contribution in [0.5, 0.6) is 0 Å². The summed E-state index contributed by atoms with van der Waals surface area (Å²) in [6.45, 7) is 1.90. The van der Waals surface area contributed by atoms with Gasteiger partial charge in [0.05, 0.1) is 10.9 Å². The molecule has 0 radical (unpaired) electrons. The van der Waals surface area contributed by atoms with Crippen molar-refractivity contribution in [1.82, 2.24) is 4.72 Å². The number of carbonyl (C=O) groups is 1. The number of benzene rings is 3. The Kier molecular flexibility index (Phi) is 7.21. The van der Waals surface area contributed by atoms with Crippen molar-refractivity contribution in [2.75, 3.05) is 0 Å². The van der Waals surface area contributed by atoms with Crippen molar-refractivity contribution >= 4 is 16.0 Å². The molecule has 7 heteroatoms. The molecule has 0 spiro atoms. The Labute approximate surface area is 218 Å². The van der Waals surface area contributed by atoms with Crippen molar-refractivity contribution in [1.29, 1.82) is 0 Å². The van der Waals surface area contributed by atoms with Gasteiger partial charge >= 0.3 is 5.97 Å². The molecule has 2 N–H and O–H groups in total. The van der Waals surface area contributed by atoms with E-state index < -0.39 is 33.7 Å². The smallest absolute Gasteiger partial charge is 0.343 e. The molecule has 0 aliphatic heterocycles. The minimum absolute atomic E-state index is 0.149. The van der Waals surface area contributed by atoms with Gasteiger partial charge in [0.2, 0.25) is 10.0 Å². The number of nitrogens with one attached hydrogen (secondary N) is 1. The molecule has 0 saturated heterocycles. The molecule has 3 aromatic carbocycles. The zero-order valence-electron chi connectivity index (χ0n) is 21.0. The van der Waals surface area contributed by atoms with Crippen LogP contribution in [0, 0.1) is 12.8 Å². The Hall–Kier alpha value is -3.00. The molecule has 2 aliphatic carbocycles. The number of fused-ring (bicyclic) bond motifs is 1. The van der Waals surface area contributed by atoms with Crippen LogP contribution >= 0.6 is 0 Å². The summed E-state index contributed by atoms with van der Waals surface area (Å²) < 4.78 is 35.5. The highest BCUT2D eigenvalue weighted by Crippen LogP contribution is 2.42. The molecule has 5 rings (SSSR count). The first-order chi connectivity index (χ1) is 17.8. The fraction of sp³-hybridized carbons (Fsp3) is 0.367. The van der Waals surface area contributed by atoms with E-state index in [9.17, 15) is 18.3 Å². The molecule has 0 heterocycles. The van der Waals surface area contributed by atoms with Gasteiger partial charge in [-0.1, -0.05) is 91.6 Å². The van der Waals surface area contributed by atoms with E-state index >= 15 is 0 Å². The zero-order chi connectivity index (χ0) is 26.0. The predicted molar refractivity (Wildman–Crippen MR) is 141 cm³/mol. The number of aryl methyl sites for hydroxylation is 1. The first kappa shape index (κ1) is 25.6. The molecule has 37 heavy (non-hydrogen) atoms. The summed E-state index contributed by atoms with van der Waals surface area (Å²) in [6.07, 6.45) is 4.01. The van der Waals surface area contributed by atoms with Crippen molar-refractivity contribution in [2.45, 2.75) is 68.1 Å². The number of esters is 1. The minimum atomic E-state index is -3.88. The highest BCUT2D eigenvalue weighted by atomic mass is 32.2. The highest BCUT2D eigenvalue weighted by molar-refractivity contribution is 7.89. The lowest BCUT2D eigenvalue weighted by Gasteiger charge is -2.38. The van der Waals surface area contributed by atoms with Crippen molar-refractivity contribution in [3.63, 3.8) is 0 Å². The number of hydrogen-bond donors (Lipinski definition) is 2. The quantitative estimate of drug-likeness (QED) is 0.431. The van der Waals surface area contributed by atoms with Crippen molar-refractivity contribution < 1.29 is 23.1 Å². The molecule has 0 bridgehead atoms. The molecule has 0 aromatic heterocycles. The normalized spacial score (nSPS) is 21.7. The average molecular weight is 520 g/mol. The van der Waals surface area contributed by atoms with Crippen LogP contribution in [0.1, 0.15) is 60.4 Å². The SMILES string of the molecule is Cc1ccc(S(=O)(=O)NC2c3ccccc3CC2OC(=O)C(O)(c2ccccc2)C2CCCCC2)cc1. The number of ether oxygens (including phenoxy) is 1. The van der Waals surface area contributed by atoms with Crippen LogP contribution in [0.25, 0.3) is 0 Å². The van der Waals surface area contributed by atoms with Gasteiger partial charge in [0.25, 0.3) is 0 Å². The maximum absolute atomic E-state index is 13.8. The zero-order valence-corrected chi connectivity index (χ0v) is 21.8. The monoisotopic (exact) mass is 519 g/mol. The summed E-state index contributed by atoms with van der Waals surface area (Å²) >= 11 is 0. The van der Waals surface area contributed by atoms with Gasteiger partial charge in [-0.05, 0) is 48.6 Å². The fourth-order valence-electron chi connectivity index (χ4n) is 5.72. The van der Waals surface area contributed by atoms with Gasteiger partial charge < -0.3 is 9.84 Å². The second-order valence-corrected chi connectivity index (χ2v) is 11.9. The van der Waals surface area contributed by atoms with E-state index in [-0.39, 0.29) is 10.8 Å². The standard InChI is InChI=1S/C30H33NO5S/c1-21-16-18-25(19-17-21)37(34,35)31-28-26-15-9-8-10-22(26)20-27(28)36-29(32)30(33,23-11-4-2-5-12-23)24-13-6-3-7-14-24/h2,4-5,8-12,15-19,24,27-28,31,33H,3,6-7,13-14,20H2,1H3. The molecule has 3 aromatic rings. The van der Waals surface area contributed by atoms with Gasteiger partial charge in [-0.2, -0.15) is 4.72 Å². The van der Waals surface area contributed by atoms with Crippen molar-refractivity contribution in [3.05, 3.63) is 101 Å². The van der Waals surface area contributed by atoms with Crippen LogP contribution < -0.4 is 4.72 Å². The van der Waals surface area contributed by atoms with Gasteiger partial charge in [-0.25, -0.2) is 13.2 Å². The van der Waals surface area contributed by atoms with E-state index in [1.54, 1.807) is 48.5 Å². The van der Waals surface area contributed by atoms with Crippen molar-refractivity contribution in [2.24, 2.45) is 5.92 Å². The molecule has 194 valence electrons. The van der Waals surface area contributed by atoms with Gasteiger partial charge in [0.15, 0.2) is 5.60 Å². The average Bonchev–Trinajstić information content (AvgIpc) is 3.25. The Bertz CT molecular complexity index is 1350. The number of sulfonamides is 1. The van der Waals surface area contributed by atoms with E-state index in [1.165, 1.54) is 0 Å². The molecule has 3 atom stereocenters. The first-order valence-corrected chi connectivity index (χ1v) is 14.4. The lowest BCUT2D eigenvalue weighted by molar-refractivity contribution is -0.182. The number of rotatable bonds is 7. The second-order valence-electron chi connectivity index (χ2n) is 10.2. The van der Waals surface area contributed by atoms with Crippen LogP contribution in [-0.2, 0) is 31.6 Å². The lowest BCUT2D eigenvalue weighted by atomic mass is 9.73. The maximum atomic E-state index is 13.8. The third-order valence-corrected chi connectivity index (χ3v) is 9.23. The molecule has 1 fully saturated rings. The Balaban J connectivity index is 1.46. The molecule has 2 aliphatic rings. The molecule has 1 saturated carbocycles. The fourth-order valence-corrected chi connectivity index (χ4v) is 6.96. The van der Waals surface area contributed by atoms with E-state index in [0.29, 0.717) is 12.0 Å². The molecular weight excluding hydrogens is 486 g/mol. The van der Waals surface area contributed by atoms with Crippen LogP contribution in [0.4, 0.5) is 0 Å². The van der Waals surface area contributed by atoms with Gasteiger partial charge in [-0.3, -0.25) is 0 Å². The minimum Gasteiger partial charge on any atom is -0.458 e. The van der Waals surface area contributed by atoms with Crippen LogP contribution in [0.15, 0.2) is 83.8 Å². The van der Waals surface area contributed by atoms with E-state index in [4.69, 9.17) is 4.74 Å². The summed E-state index contributed by atoms with van der Waals surface area (Å²) in [5.41, 5.74) is 1.37. The first-order valence-electron chi connectivity index (χ1n) is 12.9. The summed E-state index contributed by atoms with van der Waals surface area (Å²) in [4.78, 5) is 14.0. The van der Waals surface area contributed by atoms with Crippen molar-refractivity contribution in [3.8, 4) is 0 Å². The Morgan fingerprint density at radius 2 is 1.57 bits per heavy atom. The number of carbonyl (C=O) groups excluding carboxylic acids is 1. The van der Waals surface area contributed by atoms with E-state index in [2.05, 4.69) is 4.72 Å². The van der Waals surface area contributed by atoms with Gasteiger partial charge in [0, 0.05) is 12.3 Å². The third-order valence-electron chi connectivity index (χ3n) is 7.78. The Morgan fingerprint density at radius 3 is 2.27 bits per heavy atom. The largest absolute Gasteiger partial charge is 0.458 e. The molecule has 3 unspecified atom stereocenters. The molecule has 0 amide bonds. The maximum Gasteiger partial charge on any atom is 0.343 e. The highest BCUT2D eigenvalue weighted by Gasteiger charge is 2.49. The lowest BCUT2D eigenvalue weighted by Crippen LogP contribution is -2.47. The second kappa shape index (κ2) is 10.4. The van der Waals surface area contributed by atoms with Crippen LogP contribution in [0.3, 0.4) is 0 Å². The summed E-state index contributed by atoms with van der Waals surface area (Å²) in [5.74, 6) is -0.981. The van der Waals surface area contributed by atoms with Crippen LogP contribution in [-0.4, -0.2) is 25.6 Å². The molecule has 6 nitrogen and oxygen atoms in total. The van der Waals surface area contributed by atoms with E-state index in [1.807, 2.05) is 37.3 Å². The third kappa shape index (κ3) is 5.08. The Morgan fingerprint density at radius 1 is 0.919 bits per heavy atom. The summed E-state index contributed by atoms with van der Waals surface area (Å²) in [5, 5.41) is 12.0.